The molecule has 0 bridgehead atoms. The van der Waals surface area contributed by atoms with E-state index in [1.165, 1.54) is 12.1 Å². The normalized spacial score (nSPS) is 13.0. The van der Waals surface area contributed by atoms with Gasteiger partial charge in [-0.25, -0.2) is 9.59 Å². The third-order valence-electron chi connectivity index (χ3n) is 2.43. The molecule has 0 aliphatic carbocycles. The molecule has 0 aliphatic rings. The maximum Gasteiger partial charge on any atom is 0.426 e. The van der Waals surface area contributed by atoms with Crippen LogP contribution in [0, 0.1) is 0 Å². The largest absolute Gasteiger partial charge is 0.448 e. The molecule has 0 saturated carbocycles. The van der Waals surface area contributed by atoms with Crippen molar-refractivity contribution in [3.05, 3.63) is 42.5 Å². The number of hydrogen-bond acceptors (Lipinski definition) is 6. The van der Waals surface area contributed by atoms with Crippen molar-refractivity contribution < 1.29 is 45.2 Å². The van der Waals surface area contributed by atoms with Crippen LogP contribution in [0.3, 0.4) is 0 Å². The Morgan fingerprint density at radius 3 is 2.46 bits per heavy atom. The molecule has 1 aromatic carbocycles. The van der Waals surface area contributed by atoms with Gasteiger partial charge in [-0.2, -0.15) is 21.6 Å². The predicted octanol–water partition coefficient (Wildman–Crippen LogP) is 1.75. The molecule has 11 heteroatoms. The van der Waals surface area contributed by atoms with Gasteiger partial charge in [-0.1, -0.05) is 12.6 Å². The summed E-state index contributed by atoms with van der Waals surface area (Å²) in [6, 6.07) is 4.43. The van der Waals surface area contributed by atoms with Gasteiger partial charge in [0, 0.05) is 6.08 Å². The number of rotatable bonds is 6. The third-order valence-corrected chi connectivity index (χ3v) is 3.16. The highest BCUT2D eigenvalue weighted by Gasteiger charge is 2.45. The van der Waals surface area contributed by atoms with Gasteiger partial charge in [0.05, 0.1) is 5.56 Å². The lowest BCUT2D eigenvalue weighted by Crippen LogP contribution is -2.39. The fraction of sp³-hybridized carbons (Fsp3) is 0.231. The maximum atomic E-state index is 12.7. The number of esters is 2. The molecule has 1 unspecified atom stereocenters. The van der Waals surface area contributed by atoms with E-state index in [1.54, 1.807) is 0 Å². The third kappa shape index (κ3) is 6.38. The fourth-order valence-corrected chi connectivity index (χ4v) is 2.07. The van der Waals surface area contributed by atoms with Crippen molar-refractivity contribution >= 4 is 22.1 Å². The smallest absolute Gasteiger partial charge is 0.426 e. The summed E-state index contributed by atoms with van der Waals surface area (Å²) < 4.78 is 76.6. The number of ether oxygens (including phenoxy) is 2. The zero-order valence-electron chi connectivity index (χ0n) is 11.8. The summed E-state index contributed by atoms with van der Waals surface area (Å²) in [6.45, 7) is 3.14. The van der Waals surface area contributed by atoms with Crippen molar-refractivity contribution in [3.63, 3.8) is 0 Å². The van der Waals surface area contributed by atoms with E-state index in [-0.39, 0.29) is 5.75 Å². The molecule has 0 saturated heterocycles. The van der Waals surface area contributed by atoms with Crippen molar-refractivity contribution in [2.75, 3.05) is 5.75 Å². The second-order valence-electron chi connectivity index (χ2n) is 4.34. The SMILES string of the molecule is C=CC(=O)Oc1cccc(C(=O)OC(CS(=O)(=O)O)C(F)(F)F)c1. The van der Waals surface area contributed by atoms with Gasteiger partial charge in [-0.05, 0) is 18.2 Å². The molecule has 1 atom stereocenters. The van der Waals surface area contributed by atoms with Gasteiger partial charge in [0.2, 0.25) is 6.10 Å². The van der Waals surface area contributed by atoms with E-state index in [0.29, 0.717) is 0 Å². The second-order valence-corrected chi connectivity index (χ2v) is 5.83. The van der Waals surface area contributed by atoms with Gasteiger partial charge in [0.15, 0.2) is 0 Å². The van der Waals surface area contributed by atoms with Crippen LogP contribution in [0.15, 0.2) is 36.9 Å². The molecule has 0 aliphatic heterocycles. The molecule has 0 heterocycles. The highest BCUT2D eigenvalue weighted by molar-refractivity contribution is 7.85. The molecule has 132 valence electrons. The van der Waals surface area contributed by atoms with E-state index in [2.05, 4.69) is 16.1 Å². The van der Waals surface area contributed by atoms with Gasteiger partial charge in [-0.3, -0.25) is 4.55 Å². The van der Waals surface area contributed by atoms with Crippen LogP contribution in [0.1, 0.15) is 10.4 Å². The molecule has 0 aromatic heterocycles. The van der Waals surface area contributed by atoms with Crippen LogP contribution >= 0.6 is 0 Å². The summed E-state index contributed by atoms with van der Waals surface area (Å²) in [5, 5.41) is 0. The van der Waals surface area contributed by atoms with E-state index in [1.807, 2.05) is 0 Å². The Bertz CT molecular complexity index is 740. The van der Waals surface area contributed by atoms with Gasteiger partial charge in [0.1, 0.15) is 11.5 Å². The Labute approximate surface area is 134 Å². The minimum absolute atomic E-state index is 0.160. The van der Waals surface area contributed by atoms with E-state index in [0.717, 1.165) is 18.2 Å². The first-order valence-corrected chi connectivity index (χ1v) is 7.70. The average Bonchev–Trinajstić information content (AvgIpc) is 2.44. The summed E-state index contributed by atoms with van der Waals surface area (Å²) in [4.78, 5) is 22.8. The summed E-state index contributed by atoms with van der Waals surface area (Å²) in [5.74, 6) is -4.38. The highest BCUT2D eigenvalue weighted by atomic mass is 32.2. The van der Waals surface area contributed by atoms with Crippen molar-refractivity contribution in [3.8, 4) is 5.75 Å². The number of benzene rings is 1. The van der Waals surface area contributed by atoms with Crippen LogP contribution in [-0.4, -0.2) is 42.9 Å². The Morgan fingerprint density at radius 1 is 1.33 bits per heavy atom. The van der Waals surface area contributed by atoms with E-state index >= 15 is 0 Å². The predicted molar refractivity (Wildman–Crippen MR) is 73.9 cm³/mol. The van der Waals surface area contributed by atoms with Crippen LogP contribution < -0.4 is 4.74 Å². The lowest BCUT2D eigenvalue weighted by atomic mass is 10.2. The Balaban J connectivity index is 2.97. The number of halogens is 3. The first-order valence-electron chi connectivity index (χ1n) is 6.09. The Hall–Kier alpha value is -2.40. The minimum atomic E-state index is -5.21. The van der Waals surface area contributed by atoms with Crippen LogP contribution in [0.5, 0.6) is 5.75 Å². The molecule has 7 nitrogen and oxygen atoms in total. The summed E-state index contributed by atoms with van der Waals surface area (Å²) in [6.07, 6.45) is -7.44. The lowest BCUT2D eigenvalue weighted by molar-refractivity contribution is -0.197. The van der Waals surface area contributed by atoms with E-state index < -0.39 is 45.7 Å². The fourth-order valence-electron chi connectivity index (χ4n) is 1.43. The molecule has 0 fully saturated rings. The Kier molecular flexibility index (Phi) is 6.10. The Morgan fingerprint density at radius 2 is 1.96 bits per heavy atom. The van der Waals surface area contributed by atoms with Crippen LogP contribution in [0.4, 0.5) is 13.2 Å². The maximum absolute atomic E-state index is 12.7. The van der Waals surface area contributed by atoms with Gasteiger partial charge < -0.3 is 9.47 Å². The van der Waals surface area contributed by atoms with Gasteiger partial charge in [-0.15, -0.1) is 0 Å². The average molecular weight is 368 g/mol. The number of carbonyl (C=O) groups excluding carboxylic acids is 2. The molecule has 24 heavy (non-hydrogen) atoms. The summed E-state index contributed by atoms with van der Waals surface area (Å²) in [5.41, 5.74) is -0.422. The number of hydrogen-bond donors (Lipinski definition) is 1. The van der Waals surface area contributed by atoms with E-state index in [9.17, 15) is 31.2 Å². The van der Waals surface area contributed by atoms with Gasteiger partial charge >= 0.3 is 18.1 Å². The number of carbonyl (C=O) groups is 2. The zero-order chi connectivity index (χ0) is 18.5. The summed E-state index contributed by atoms with van der Waals surface area (Å²) in [7, 11) is -5.04. The van der Waals surface area contributed by atoms with E-state index in [4.69, 9.17) is 4.55 Å². The topological polar surface area (TPSA) is 107 Å². The molecule has 0 radical (unpaired) electrons. The zero-order valence-corrected chi connectivity index (χ0v) is 12.6. The van der Waals surface area contributed by atoms with Crippen molar-refractivity contribution in [1.29, 1.82) is 0 Å². The first-order chi connectivity index (χ1) is 10.9. The molecule has 1 aromatic rings. The van der Waals surface area contributed by atoms with Crippen molar-refractivity contribution in [2.24, 2.45) is 0 Å². The minimum Gasteiger partial charge on any atom is -0.448 e. The summed E-state index contributed by atoms with van der Waals surface area (Å²) >= 11 is 0. The first kappa shape index (κ1) is 19.6. The quantitative estimate of drug-likeness (QED) is 0.353. The van der Waals surface area contributed by atoms with Crippen LogP contribution in [-0.2, 0) is 19.6 Å². The molecule has 1 rings (SSSR count). The van der Waals surface area contributed by atoms with Gasteiger partial charge in [0.25, 0.3) is 10.1 Å². The molecular formula is C13H11F3O7S. The number of alkyl halides is 3. The van der Waals surface area contributed by atoms with Crippen molar-refractivity contribution in [2.45, 2.75) is 12.3 Å². The molecule has 1 N–H and O–H groups in total. The molecular weight excluding hydrogens is 357 g/mol. The molecule has 0 spiro atoms. The van der Waals surface area contributed by atoms with Crippen LogP contribution in [0.2, 0.25) is 0 Å². The highest BCUT2D eigenvalue weighted by Crippen LogP contribution is 2.25. The van der Waals surface area contributed by atoms with Crippen molar-refractivity contribution in [1.82, 2.24) is 0 Å². The second kappa shape index (κ2) is 7.45. The standard InChI is InChI=1S/C13H11F3O7S/c1-2-11(17)22-9-5-3-4-8(6-9)12(18)23-10(13(14,15)16)7-24(19,20)21/h2-6,10H,1,7H2,(H,19,20,21). The molecule has 0 amide bonds. The lowest BCUT2D eigenvalue weighted by Gasteiger charge is -2.19. The van der Waals surface area contributed by atoms with Crippen LogP contribution in [0.25, 0.3) is 0 Å². The monoisotopic (exact) mass is 368 g/mol.